The number of halogens is 2. The lowest BCUT2D eigenvalue weighted by Crippen LogP contribution is -2.21. The van der Waals surface area contributed by atoms with Crippen molar-refractivity contribution in [3.05, 3.63) is 67.7 Å². The molecule has 0 aromatic heterocycles. The molecule has 0 unspecified atom stereocenters. The summed E-state index contributed by atoms with van der Waals surface area (Å²) < 4.78 is 4.81. The molecule has 130 valence electrons. The zero-order valence-corrected chi connectivity index (χ0v) is 14.4. The largest absolute Gasteiger partial charge is 0.452 e. The summed E-state index contributed by atoms with van der Waals surface area (Å²) >= 11 is 11.7. The third kappa shape index (κ3) is 4.91. The van der Waals surface area contributed by atoms with E-state index in [1.54, 1.807) is 18.2 Å². The monoisotopic (exact) mass is 382 g/mol. The molecular weight excluding hydrogens is 371 g/mol. The summed E-state index contributed by atoms with van der Waals surface area (Å²) in [6.45, 7) is 1.22. The molecule has 9 heteroatoms. The number of benzene rings is 2. The van der Waals surface area contributed by atoms with E-state index < -0.39 is 29.1 Å². The molecular formula is C16H12Cl2N2O5. The highest BCUT2D eigenvalue weighted by atomic mass is 35.5. The number of hydrogen-bond donors (Lipinski definition) is 1. The van der Waals surface area contributed by atoms with Crippen LogP contribution in [0.15, 0.2) is 36.4 Å². The maximum absolute atomic E-state index is 12.0. The van der Waals surface area contributed by atoms with Crippen molar-refractivity contribution < 1.29 is 19.2 Å². The molecule has 0 aliphatic rings. The second kappa shape index (κ2) is 7.96. The van der Waals surface area contributed by atoms with Crippen molar-refractivity contribution in [3.63, 3.8) is 0 Å². The smallest absolute Gasteiger partial charge is 0.345 e. The van der Waals surface area contributed by atoms with Crippen LogP contribution in [0.3, 0.4) is 0 Å². The Morgan fingerprint density at radius 3 is 2.56 bits per heavy atom. The Morgan fingerprint density at radius 1 is 1.20 bits per heavy atom. The molecule has 0 saturated heterocycles. The van der Waals surface area contributed by atoms with Crippen LogP contribution in [0.1, 0.15) is 15.9 Å². The van der Waals surface area contributed by atoms with Crippen LogP contribution in [0.4, 0.5) is 11.4 Å². The number of carbonyl (C=O) groups excluding carboxylic acids is 2. The van der Waals surface area contributed by atoms with Crippen molar-refractivity contribution in [3.8, 4) is 0 Å². The minimum Gasteiger partial charge on any atom is -0.452 e. The van der Waals surface area contributed by atoms with E-state index in [0.717, 1.165) is 17.7 Å². The zero-order valence-electron chi connectivity index (χ0n) is 12.9. The van der Waals surface area contributed by atoms with E-state index in [1.165, 1.54) is 6.07 Å². The summed E-state index contributed by atoms with van der Waals surface area (Å²) in [5.74, 6) is -1.63. The number of nitrogens with one attached hydrogen (secondary N) is 1. The number of esters is 1. The Bertz CT molecular complexity index is 854. The van der Waals surface area contributed by atoms with E-state index in [0.29, 0.717) is 10.7 Å². The van der Waals surface area contributed by atoms with Crippen molar-refractivity contribution in [2.45, 2.75) is 6.92 Å². The number of aryl methyl sites for hydroxylation is 1. The molecule has 0 radical (unpaired) electrons. The average molecular weight is 383 g/mol. The molecule has 2 rings (SSSR count). The lowest BCUT2D eigenvalue weighted by atomic mass is 10.2. The van der Waals surface area contributed by atoms with Gasteiger partial charge in [0.2, 0.25) is 0 Å². The van der Waals surface area contributed by atoms with Crippen LogP contribution in [0, 0.1) is 17.0 Å². The van der Waals surface area contributed by atoms with Gasteiger partial charge in [-0.15, -0.1) is 0 Å². The second-order valence-corrected chi connectivity index (χ2v) is 5.87. The van der Waals surface area contributed by atoms with Gasteiger partial charge in [-0.3, -0.25) is 14.9 Å². The first kappa shape index (κ1) is 18.7. The van der Waals surface area contributed by atoms with E-state index in [9.17, 15) is 19.7 Å². The summed E-state index contributed by atoms with van der Waals surface area (Å²) in [4.78, 5) is 34.0. The Morgan fingerprint density at radius 2 is 1.92 bits per heavy atom. The molecule has 2 aromatic carbocycles. The number of amides is 1. The minimum absolute atomic E-state index is 0.106. The molecule has 0 bridgehead atoms. The number of ether oxygens (including phenoxy) is 1. The maximum atomic E-state index is 12.0. The predicted octanol–water partition coefficient (Wildman–Crippen LogP) is 4.01. The lowest BCUT2D eigenvalue weighted by Gasteiger charge is -2.09. The van der Waals surface area contributed by atoms with Crippen LogP contribution in [0.2, 0.25) is 10.0 Å². The third-order valence-corrected chi connectivity index (χ3v) is 3.66. The highest BCUT2D eigenvalue weighted by molar-refractivity contribution is 6.33. The fourth-order valence-electron chi connectivity index (χ4n) is 1.95. The Kier molecular flexibility index (Phi) is 5.95. The molecule has 0 heterocycles. The second-order valence-electron chi connectivity index (χ2n) is 5.03. The van der Waals surface area contributed by atoms with Crippen LogP contribution in [0.5, 0.6) is 0 Å². The fraction of sp³-hybridized carbons (Fsp3) is 0.125. The van der Waals surface area contributed by atoms with Crippen LogP contribution in [-0.4, -0.2) is 23.4 Å². The first-order valence-corrected chi connectivity index (χ1v) is 7.70. The summed E-state index contributed by atoms with van der Waals surface area (Å²) in [5.41, 5.74) is 0.491. The molecule has 0 fully saturated rings. The van der Waals surface area contributed by atoms with Gasteiger partial charge in [0.25, 0.3) is 11.6 Å². The molecule has 0 aliphatic carbocycles. The van der Waals surface area contributed by atoms with Crippen LogP contribution >= 0.6 is 23.2 Å². The van der Waals surface area contributed by atoms with Crippen molar-refractivity contribution >= 4 is 46.5 Å². The van der Waals surface area contributed by atoms with Gasteiger partial charge in [0, 0.05) is 11.1 Å². The zero-order chi connectivity index (χ0) is 18.6. The molecule has 0 aliphatic heterocycles. The van der Waals surface area contributed by atoms with Gasteiger partial charge in [0.1, 0.15) is 5.56 Å². The predicted molar refractivity (Wildman–Crippen MR) is 93.2 cm³/mol. The maximum Gasteiger partial charge on any atom is 0.345 e. The minimum atomic E-state index is -1.01. The van der Waals surface area contributed by atoms with Gasteiger partial charge in [0.05, 0.1) is 15.6 Å². The summed E-state index contributed by atoms with van der Waals surface area (Å²) in [6, 6.07) is 8.55. The van der Waals surface area contributed by atoms with E-state index in [2.05, 4.69) is 5.32 Å². The first-order chi connectivity index (χ1) is 11.8. The highest BCUT2D eigenvalue weighted by Gasteiger charge is 2.22. The summed E-state index contributed by atoms with van der Waals surface area (Å²) in [6.07, 6.45) is 0. The van der Waals surface area contributed by atoms with Crippen molar-refractivity contribution in [1.82, 2.24) is 0 Å². The molecule has 2 aromatic rings. The van der Waals surface area contributed by atoms with E-state index >= 15 is 0 Å². The van der Waals surface area contributed by atoms with Gasteiger partial charge in [-0.25, -0.2) is 4.79 Å². The standard InChI is InChI=1S/C16H12Cl2N2O5/c1-9-2-5-13(12(18)6-9)19-15(21)8-25-16(22)11-4-3-10(17)7-14(11)20(23)24/h2-7H,8H2,1H3,(H,19,21). The molecule has 0 saturated carbocycles. The van der Waals surface area contributed by atoms with Gasteiger partial charge in [-0.2, -0.15) is 0 Å². The molecule has 25 heavy (non-hydrogen) atoms. The van der Waals surface area contributed by atoms with Gasteiger partial charge in [-0.05, 0) is 36.8 Å². The number of anilines is 1. The average Bonchev–Trinajstić information content (AvgIpc) is 2.55. The number of hydrogen-bond acceptors (Lipinski definition) is 5. The highest BCUT2D eigenvalue weighted by Crippen LogP contribution is 2.24. The van der Waals surface area contributed by atoms with Crippen LogP contribution < -0.4 is 5.32 Å². The molecule has 1 N–H and O–H groups in total. The Hall–Kier alpha value is -2.64. The van der Waals surface area contributed by atoms with Crippen molar-refractivity contribution in [2.75, 3.05) is 11.9 Å². The Balaban J connectivity index is 2.02. The number of nitro groups is 1. The van der Waals surface area contributed by atoms with Gasteiger partial charge >= 0.3 is 5.97 Å². The SMILES string of the molecule is Cc1ccc(NC(=O)COC(=O)c2ccc(Cl)cc2[N+](=O)[O-])c(Cl)c1. The number of nitrogens with zero attached hydrogens (tertiary/aromatic N) is 1. The van der Waals surface area contributed by atoms with Gasteiger partial charge < -0.3 is 10.1 Å². The fourth-order valence-corrected chi connectivity index (χ4v) is 2.39. The van der Waals surface area contributed by atoms with Crippen molar-refractivity contribution in [1.29, 1.82) is 0 Å². The molecule has 0 atom stereocenters. The van der Waals surface area contributed by atoms with Crippen LogP contribution in [-0.2, 0) is 9.53 Å². The topological polar surface area (TPSA) is 98.5 Å². The molecule has 0 spiro atoms. The van der Waals surface area contributed by atoms with Gasteiger partial charge in [-0.1, -0.05) is 29.3 Å². The molecule has 7 nitrogen and oxygen atoms in total. The Labute approximate surface area is 152 Å². The van der Waals surface area contributed by atoms with Crippen molar-refractivity contribution in [2.24, 2.45) is 0 Å². The van der Waals surface area contributed by atoms with Gasteiger partial charge in [0.15, 0.2) is 6.61 Å². The van der Waals surface area contributed by atoms with E-state index in [4.69, 9.17) is 27.9 Å². The van der Waals surface area contributed by atoms with E-state index in [-0.39, 0.29) is 10.6 Å². The molecule has 1 amide bonds. The number of nitro benzene ring substituents is 1. The summed E-state index contributed by atoms with van der Waals surface area (Å²) in [7, 11) is 0. The first-order valence-electron chi connectivity index (χ1n) is 6.95. The quantitative estimate of drug-likeness (QED) is 0.478. The van der Waals surface area contributed by atoms with E-state index in [1.807, 2.05) is 6.92 Å². The lowest BCUT2D eigenvalue weighted by molar-refractivity contribution is -0.385. The third-order valence-electron chi connectivity index (χ3n) is 3.11. The normalized spacial score (nSPS) is 10.2. The van der Waals surface area contributed by atoms with Crippen LogP contribution in [0.25, 0.3) is 0 Å². The number of rotatable bonds is 5. The summed E-state index contributed by atoms with van der Waals surface area (Å²) in [5, 5.41) is 13.9. The number of carbonyl (C=O) groups is 2.